The van der Waals surface area contributed by atoms with Crippen molar-refractivity contribution in [3.63, 3.8) is 0 Å². The van der Waals surface area contributed by atoms with E-state index < -0.39 is 10.8 Å². The summed E-state index contributed by atoms with van der Waals surface area (Å²) in [5, 5.41) is 0. The first-order valence-electron chi connectivity index (χ1n) is 28.7. The van der Waals surface area contributed by atoms with Gasteiger partial charge in [0, 0.05) is 35.9 Å². The zero-order chi connectivity index (χ0) is 55.6. The predicted molar refractivity (Wildman–Crippen MR) is 342 cm³/mol. The SMILES string of the molecule is c1ccc(C2(c3ccccc3)c3ccccc3-c3ccc(-c4cc5nc(-c6ccc(-c7ccncc7)cc6)c(-c6ccc(-c7ccncc7)cc6)nc5cc4-c4ccc5c(c4)C(c4ccccc4)(c4ccccc4)c4ccccc4-5)cc32)cc1. The molecule has 11 aromatic carbocycles. The molecule has 4 nitrogen and oxygen atoms in total. The predicted octanol–water partition coefficient (Wildman–Crippen LogP) is 19.1. The van der Waals surface area contributed by atoms with E-state index in [-0.39, 0.29) is 0 Å². The number of hydrogen-bond donors (Lipinski definition) is 0. The summed E-state index contributed by atoms with van der Waals surface area (Å²) < 4.78 is 0. The topological polar surface area (TPSA) is 51.6 Å². The van der Waals surface area contributed by atoms with Gasteiger partial charge in [-0.2, -0.15) is 0 Å². The van der Waals surface area contributed by atoms with Crippen molar-refractivity contribution >= 4 is 11.0 Å². The number of hydrogen-bond acceptors (Lipinski definition) is 4. The summed E-state index contributed by atoms with van der Waals surface area (Å²) in [6.07, 6.45) is 7.35. The molecule has 14 aromatic rings. The number of nitrogens with zero attached hydrogens (tertiary/aromatic N) is 4. The molecule has 0 N–H and O–H groups in total. The zero-order valence-electron chi connectivity index (χ0n) is 45.8. The zero-order valence-corrected chi connectivity index (χ0v) is 45.8. The maximum atomic E-state index is 5.76. The Morgan fingerprint density at radius 3 is 0.845 bits per heavy atom. The number of aromatic nitrogens is 4. The summed E-state index contributed by atoms with van der Waals surface area (Å²) in [6, 6.07) is 107. The van der Waals surface area contributed by atoms with Gasteiger partial charge in [0.1, 0.15) is 0 Å². The van der Waals surface area contributed by atoms with Crippen LogP contribution in [-0.4, -0.2) is 19.9 Å². The van der Waals surface area contributed by atoms with Crippen molar-refractivity contribution < 1.29 is 0 Å². The van der Waals surface area contributed by atoms with Crippen LogP contribution >= 0.6 is 0 Å². The highest BCUT2D eigenvalue weighted by Gasteiger charge is 2.48. The van der Waals surface area contributed by atoms with Crippen LogP contribution < -0.4 is 0 Å². The lowest BCUT2D eigenvalue weighted by Crippen LogP contribution is -2.28. The van der Waals surface area contributed by atoms with Crippen LogP contribution in [-0.2, 0) is 10.8 Å². The van der Waals surface area contributed by atoms with E-state index in [9.17, 15) is 0 Å². The van der Waals surface area contributed by atoms with Gasteiger partial charge in [0.05, 0.1) is 33.3 Å². The smallest absolute Gasteiger partial charge is 0.0973 e. The maximum absolute atomic E-state index is 5.76. The van der Waals surface area contributed by atoms with Gasteiger partial charge in [-0.05, 0) is 160 Å². The van der Waals surface area contributed by atoms with Gasteiger partial charge < -0.3 is 0 Å². The third-order valence-electron chi connectivity index (χ3n) is 17.7. The van der Waals surface area contributed by atoms with E-state index in [1.807, 2.05) is 49.1 Å². The number of rotatable bonds is 10. The van der Waals surface area contributed by atoms with Crippen molar-refractivity contribution in [3.05, 3.63) is 360 Å². The molecule has 84 heavy (non-hydrogen) atoms. The Kier molecular flexibility index (Phi) is 11.6. The van der Waals surface area contributed by atoms with Crippen LogP contribution in [0.1, 0.15) is 44.5 Å². The molecule has 0 aliphatic heterocycles. The quantitative estimate of drug-likeness (QED) is 0.137. The second-order valence-corrected chi connectivity index (χ2v) is 22.0. The molecule has 0 radical (unpaired) electrons. The van der Waals surface area contributed by atoms with Gasteiger partial charge in [-0.25, -0.2) is 9.97 Å². The second-order valence-electron chi connectivity index (χ2n) is 22.0. The molecule has 3 heterocycles. The maximum Gasteiger partial charge on any atom is 0.0973 e. The summed E-state index contributed by atoms with van der Waals surface area (Å²) in [4.78, 5) is 20.1. The average Bonchev–Trinajstić information content (AvgIpc) is 1.68. The third kappa shape index (κ3) is 7.68. The Bertz CT molecular complexity index is 4390. The van der Waals surface area contributed by atoms with Crippen molar-refractivity contribution in [2.24, 2.45) is 0 Å². The van der Waals surface area contributed by atoms with Gasteiger partial charge >= 0.3 is 0 Å². The molecule has 2 aliphatic carbocycles. The fourth-order valence-corrected chi connectivity index (χ4v) is 13.9. The Balaban J connectivity index is 0.973. The van der Waals surface area contributed by atoms with Crippen LogP contribution in [0, 0.1) is 0 Å². The van der Waals surface area contributed by atoms with Crippen LogP contribution in [0.15, 0.2) is 316 Å². The lowest BCUT2D eigenvalue weighted by molar-refractivity contribution is 0.768. The summed E-state index contributed by atoms with van der Waals surface area (Å²) >= 11 is 0. The highest BCUT2D eigenvalue weighted by molar-refractivity contribution is 5.99. The minimum absolute atomic E-state index is 0.594. The van der Waals surface area contributed by atoms with Gasteiger partial charge in [-0.3, -0.25) is 9.97 Å². The highest BCUT2D eigenvalue weighted by atomic mass is 14.8. The molecule has 4 heteroatoms. The Morgan fingerprint density at radius 2 is 0.488 bits per heavy atom. The molecule has 0 saturated carbocycles. The molecule has 2 aliphatic rings. The van der Waals surface area contributed by atoms with E-state index in [0.29, 0.717) is 0 Å². The summed E-state index contributed by atoms with van der Waals surface area (Å²) in [5.74, 6) is 0. The minimum atomic E-state index is -0.594. The molecule has 0 amide bonds. The van der Waals surface area contributed by atoms with E-state index in [4.69, 9.17) is 9.97 Å². The van der Waals surface area contributed by atoms with Gasteiger partial charge in [-0.1, -0.05) is 243 Å². The summed E-state index contributed by atoms with van der Waals surface area (Å²) in [5.41, 5.74) is 27.6. The second kappa shape index (κ2) is 19.9. The van der Waals surface area contributed by atoms with Crippen molar-refractivity contribution in [3.8, 4) is 89.3 Å². The molecule has 3 aromatic heterocycles. The van der Waals surface area contributed by atoms with Gasteiger partial charge in [-0.15, -0.1) is 0 Å². The summed E-state index contributed by atoms with van der Waals surface area (Å²) in [6.45, 7) is 0. The lowest BCUT2D eigenvalue weighted by atomic mass is 9.67. The first-order chi connectivity index (χ1) is 41.6. The molecule has 0 fully saturated rings. The first kappa shape index (κ1) is 48.9. The van der Waals surface area contributed by atoms with Gasteiger partial charge in [0.2, 0.25) is 0 Å². The minimum Gasteiger partial charge on any atom is -0.265 e. The average molecular weight is 1070 g/mol. The molecule has 0 atom stereocenters. The Labute approximate surface area is 488 Å². The number of fused-ring (bicyclic) bond motifs is 7. The van der Waals surface area contributed by atoms with Crippen molar-refractivity contribution in [1.82, 2.24) is 19.9 Å². The Morgan fingerprint density at radius 1 is 0.202 bits per heavy atom. The molecule has 0 bridgehead atoms. The largest absolute Gasteiger partial charge is 0.265 e. The van der Waals surface area contributed by atoms with Crippen LogP contribution in [0.5, 0.6) is 0 Å². The molecule has 392 valence electrons. The van der Waals surface area contributed by atoms with E-state index in [1.54, 1.807) is 0 Å². The fourth-order valence-electron chi connectivity index (χ4n) is 13.9. The Hall–Kier alpha value is -10.9. The van der Waals surface area contributed by atoms with Gasteiger partial charge in [0.15, 0.2) is 0 Å². The van der Waals surface area contributed by atoms with Crippen molar-refractivity contribution in [2.45, 2.75) is 10.8 Å². The number of pyridine rings is 2. The molecule has 16 rings (SSSR count). The van der Waals surface area contributed by atoms with E-state index in [0.717, 1.165) is 78.1 Å². The molecule has 0 unspecified atom stereocenters. The van der Waals surface area contributed by atoms with Crippen LogP contribution in [0.4, 0.5) is 0 Å². The first-order valence-corrected chi connectivity index (χ1v) is 28.7. The molecule has 0 spiro atoms. The van der Waals surface area contributed by atoms with Crippen LogP contribution in [0.3, 0.4) is 0 Å². The van der Waals surface area contributed by atoms with E-state index in [1.165, 1.54) is 66.8 Å². The van der Waals surface area contributed by atoms with Crippen LogP contribution in [0.2, 0.25) is 0 Å². The van der Waals surface area contributed by atoms with Crippen molar-refractivity contribution in [2.75, 3.05) is 0 Å². The molecular weight excluding hydrogens is 1020 g/mol. The van der Waals surface area contributed by atoms with Crippen LogP contribution in [0.25, 0.3) is 100 Å². The summed E-state index contributed by atoms with van der Waals surface area (Å²) in [7, 11) is 0. The standard InChI is InChI=1S/C80H52N4/c1-5-17-61(18-6-1)79(62-19-7-2-8-20-62)71-27-15-13-25-65(71)67-39-37-59(49-73(67)79)69-51-75-76(52-70(69)60-38-40-68-66-26-14-16-28-72(66)80(74(68)50-60,63-21-9-3-10-22-63)64-23-11-4-12-24-64)84-78(58-35-31-54(32-36-58)56-43-47-82-48-44-56)77(83-75)57-33-29-53(30-34-57)55-41-45-81-46-42-55/h1-52H. The van der Waals surface area contributed by atoms with E-state index >= 15 is 0 Å². The van der Waals surface area contributed by atoms with Crippen molar-refractivity contribution in [1.29, 1.82) is 0 Å². The number of benzene rings is 11. The van der Waals surface area contributed by atoms with Gasteiger partial charge in [0.25, 0.3) is 0 Å². The fraction of sp³-hybridized carbons (Fsp3) is 0.0250. The lowest BCUT2D eigenvalue weighted by Gasteiger charge is -2.34. The van der Waals surface area contributed by atoms with E-state index in [2.05, 4.69) is 277 Å². The highest BCUT2D eigenvalue weighted by Crippen LogP contribution is 2.59. The molecule has 0 saturated heterocycles. The third-order valence-corrected chi connectivity index (χ3v) is 17.7. The normalized spacial score (nSPS) is 13.2. The molecular formula is C80H52N4. The monoisotopic (exact) mass is 1070 g/mol.